The molecular weight excluding hydrogens is 249 g/mol. The number of hydrogen-bond acceptors (Lipinski definition) is 1. The molecule has 0 radical (unpaired) electrons. The second kappa shape index (κ2) is 5.40. The lowest BCUT2D eigenvalue weighted by Gasteiger charge is -2.08. The number of benzene rings is 2. The monoisotopic (exact) mass is 263 g/mol. The van der Waals surface area contributed by atoms with E-state index in [1.807, 2.05) is 31.2 Å². The minimum atomic E-state index is -0.193. The summed E-state index contributed by atoms with van der Waals surface area (Å²) in [5.74, 6) is -0.193. The van der Waals surface area contributed by atoms with Crippen LogP contribution in [0.25, 0.3) is 0 Å². The van der Waals surface area contributed by atoms with Crippen molar-refractivity contribution in [2.24, 2.45) is 0 Å². The molecule has 0 atom stereocenters. The Morgan fingerprint density at radius 1 is 1.06 bits per heavy atom. The predicted octanol–water partition coefficient (Wildman–Crippen LogP) is 4.71. The zero-order valence-electron chi connectivity index (χ0n) is 10.4. The molecule has 0 aliphatic carbocycles. The fraction of sp³-hybridized carbons (Fsp3) is 0.200. The van der Waals surface area contributed by atoms with E-state index in [9.17, 15) is 4.39 Å². The van der Waals surface area contributed by atoms with E-state index < -0.39 is 0 Å². The lowest BCUT2D eigenvalue weighted by molar-refractivity contribution is 0.619. The van der Waals surface area contributed by atoms with Gasteiger partial charge in [0.2, 0.25) is 0 Å². The van der Waals surface area contributed by atoms with E-state index in [4.69, 9.17) is 11.6 Å². The lowest BCUT2D eigenvalue weighted by atomic mass is 10.1. The molecule has 2 rings (SSSR count). The molecule has 94 valence electrons. The molecule has 0 heterocycles. The number of nitrogens with one attached hydrogen (secondary N) is 1. The van der Waals surface area contributed by atoms with Gasteiger partial charge in [-0.05, 0) is 48.7 Å². The smallest absolute Gasteiger partial charge is 0.128 e. The first-order chi connectivity index (χ1) is 8.56. The van der Waals surface area contributed by atoms with Crippen LogP contribution in [0.5, 0.6) is 0 Å². The van der Waals surface area contributed by atoms with Crippen LogP contribution in [0, 0.1) is 19.7 Å². The highest BCUT2D eigenvalue weighted by Gasteiger charge is 2.01. The maximum absolute atomic E-state index is 13.4. The Kier molecular flexibility index (Phi) is 3.87. The van der Waals surface area contributed by atoms with Crippen LogP contribution < -0.4 is 5.32 Å². The predicted molar refractivity (Wildman–Crippen MR) is 74.7 cm³/mol. The van der Waals surface area contributed by atoms with Gasteiger partial charge in [0.25, 0.3) is 0 Å². The summed E-state index contributed by atoms with van der Waals surface area (Å²) in [4.78, 5) is 0. The van der Waals surface area contributed by atoms with Crippen molar-refractivity contribution in [1.82, 2.24) is 0 Å². The van der Waals surface area contributed by atoms with Gasteiger partial charge in [0, 0.05) is 17.3 Å². The van der Waals surface area contributed by atoms with Crippen molar-refractivity contribution >= 4 is 17.3 Å². The van der Waals surface area contributed by atoms with Gasteiger partial charge in [-0.2, -0.15) is 0 Å². The third kappa shape index (κ3) is 3.02. The van der Waals surface area contributed by atoms with Crippen LogP contribution in [-0.4, -0.2) is 0 Å². The molecule has 0 aliphatic rings. The Bertz CT molecular complexity index is 515. The van der Waals surface area contributed by atoms with Crippen molar-refractivity contribution in [2.75, 3.05) is 5.32 Å². The molecule has 0 spiro atoms. The van der Waals surface area contributed by atoms with Crippen molar-refractivity contribution in [3.8, 4) is 0 Å². The summed E-state index contributed by atoms with van der Waals surface area (Å²) in [6.07, 6.45) is 0. The topological polar surface area (TPSA) is 12.0 Å². The SMILES string of the molecule is Cc1ccc(NCc2ccc(C)c(Cl)c2)cc1F. The third-order valence-corrected chi connectivity index (χ3v) is 3.31. The van der Waals surface area contributed by atoms with Gasteiger partial charge in [-0.1, -0.05) is 29.8 Å². The molecule has 1 N–H and O–H groups in total. The second-order valence-corrected chi connectivity index (χ2v) is 4.81. The average Bonchev–Trinajstić information content (AvgIpc) is 2.35. The minimum absolute atomic E-state index is 0.193. The van der Waals surface area contributed by atoms with Crippen LogP contribution in [-0.2, 0) is 6.54 Å². The molecule has 0 aromatic heterocycles. The molecule has 18 heavy (non-hydrogen) atoms. The molecule has 2 aromatic rings. The van der Waals surface area contributed by atoms with E-state index in [1.165, 1.54) is 6.07 Å². The molecule has 0 saturated heterocycles. The first kappa shape index (κ1) is 12.9. The highest BCUT2D eigenvalue weighted by Crippen LogP contribution is 2.18. The zero-order chi connectivity index (χ0) is 13.1. The standard InChI is InChI=1S/C15H15ClFN/c1-10-3-5-12(7-14(10)16)9-18-13-6-4-11(2)15(17)8-13/h3-8,18H,9H2,1-2H3. The van der Waals surface area contributed by atoms with Crippen molar-refractivity contribution < 1.29 is 4.39 Å². The largest absolute Gasteiger partial charge is 0.381 e. The van der Waals surface area contributed by atoms with Gasteiger partial charge in [-0.25, -0.2) is 4.39 Å². The summed E-state index contributed by atoms with van der Waals surface area (Å²) in [6.45, 7) is 4.34. The van der Waals surface area contributed by atoms with E-state index in [0.29, 0.717) is 12.1 Å². The number of rotatable bonds is 3. The first-order valence-electron chi connectivity index (χ1n) is 5.81. The van der Waals surface area contributed by atoms with E-state index in [-0.39, 0.29) is 5.82 Å². The van der Waals surface area contributed by atoms with E-state index >= 15 is 0 Å². The lowest BCUT2D eigenvalue weighted by Crippen LogP contribution is -2.00. The maximum atomic E-state index is 13.4. The highest BCUT2D eigenvalue weighted by atomic mass is 35.5. The molecular formula is C15H15ClFN. The maximum Gasteiger partial charge on any atom is 0.128 e. The second-order valence-electron chi connectivity index (χ2n) is 4.40. The number of hydrogen-bond donors (Lipinski definition) is 1. The van der Waals surface area contributed by atoms with Crippen molar-refractivity contribution in [3.63, 3.8) is 0 Å². The van der Waals surface area contributed by atoms with E-state index in [0.717, 1.165) is 21.8 Å². The van der Waals surface area contributed by atoms with Gasteiger partial charge in [-0.15, -0.1) is 0 Å². The van der Waals surface area contributed by atoms with E-state index in [1.54, 1.807) is 13.0 Å². The van der Waals surface area contributed by atoms with Gasteiger partial charge in [0.15, 0.2) is 0 Å². The Balaban J connectivity index is 2.06. The summed E-state index contributed by atoms with van der Waals surface area (Å²) in [6, 6.07) is 11.1. The Labute approximate surface area is 112 Å². The highest BCUT2D eigenvalue weighted by molar-refractivity contribution is 6.31. The number of anilines is 1. The van der Waals surface area contributed by atoms with Gasteiger partial charge in [0.05, 0.1) is 0 Å². The number of aryl methyl sites for hydroxylation is 2. The normalized spacial score (nSPS) is 10.4. The quantitative estimate of drug-likeness (QED) is 0.846. The summed E-state index contributed by atoms with van der Waals surface area (Å²) in [7, 11) is 0. The summed E-state index contributed by atoms with van der Waals surface area (Å²) in [5.41, 5.74) is 3.56. The molecule has 0 amide bonds. The van der Waals surface area contributed by atoms with Crippen LogP contribution >= 0.6 is 11.6 Å². The van der Waals surface area contributed by atoms with Gasteiger partial charge in [0.1, 0.15) is 5.82 Å². The Morgan fingerprint density at radius 3 is 2.44 bits per heavy atom. The van der Waals surface area contributed by atoms with Crippen LogP contribution in [0.15, 0.2) is 36.4 Å². The van der Waals surface area contributed by atoms with Gasteiger partial charge < -0.3 is 5.32 Å². The molecule has 0 aliphatic heterocycles. The molecule has 0 fully saturated rings. The average molecular weight is 264 g/mol. The van der Waals surface area contributed by atoms with Gasteiger partial charge >= 0.3 is 0 Å². The van der Waals surface area contributed by atoms with Crippen molar-refractivity contribution in [3.05, 3.63) is 63.9 Å². The molecule has 2 aromatic carbocycles. The number of halogens is 2. The third-order valence-electron chi connectivity index (χ3n) is 2.90. The molecule has 0 bridgehead atoms. The van der Waals surface area contributed by atoms with Crippen LogP contribution in [0.4, 0.5) is 10.1 Å². The van der Waals surface area contributed by atoms with Gasteiger partial charge in [-0.3, -0.25) is 0 Å². The summed E-state index contributed by atoms with van der Waals surface area (Å²) >= 11 is 6.05. The molecule has 1 nitrogen and oxygen atoms in total. The Hall–Kier alpha value is -1.54. The van der Waals surface area contributed by atoms with Crippen LogP contribution in [0.1, 0.15) is 16.7 Å². The summed E-state index contributed by atoms with van der Waals surface area (Å²) in [5, 5.41) is 3.93. The molecule has 0 unspecified atom stereocenters. The summed E-state index contributed by atoms with van der Waals surface area (Å²) < 4.78 is 13.4. The zero-order valence-corrected chi connectivity index (χ0v) is 11.2. The first-order valence-corrected chi connectivity index (χ1v) is 6.19. The fourth-order valence-corrected chi connectivity index (χ4v) is 1.86. The molecule has 3 heteroatoms. The molecule has 0 saturated carbocycles. The van der Waals surface area contributed by atoms with Crippen molar-refractivity contribution in [2.45, 2.75) is 20.4 Å². The fourth-order valence-electron chi connectivity index (χ4n) is 1.65. The van der Waals surface area contributed by atoms with Crippen LogP contribution in [0.2, 0.25) is 5.02 Å². The Morgan fingerprint density at radius 2 is 1.78 bits per heavy atom. The minimum Gasteiger partial charge on any atom is -0.381 e. The van der Waals surface area contributed by atoms with Crippen molar-refractivity contribution in [1.29, 1.82) is 0 Å². The van der Waals surface area contributed by atoms with E-state index in [2.05, 4.69) is 5.32 Å². The van der Waals surface area contributed by atoms with Crippen LogP contribution in [0.3, 0.4) is 0 Å².